The summed E-state index contributed by atoms with van der Waals surface area (Å²) in [6.45, 7) is 4.87. The van der Waals surface area contributed by atoms with Crippen molar-refractivity contribution in [1.29, 1.82) is 0 Å². The Morgan fingerprint density at radius 3 is 2.69 bits per heavy atom. The maximum atomic E-state index is 12.2. The highest BCUT2D eigenvalue weighted by atomic mass is 16.3. The van der Waals surface area contributed by atoms with Crippen LogP contribution in [0, 0.1) is 5.92 Å². The Morgan fingerprint density at radius 1 is 1.08 bits per heavy atom. The van der Waals surface area contributed by atoms with Crippen molar-refractivity contribution in [2.45, 2.75) is 64.6 Å². The van der Waals surface area contributed by atoms with Crippen LogP contribution in [0.15, 0.2) is 42.6 Å². The third kappa shape index (κ3) is 4.09. The second-order valence-corrected chi connectivity index (χ2v) is 10.3. The Kier molecular flexibility index (Phi) is 5.84. The molecule has 8 heteroatoms. The number of hydrogen-bond donors (Lipinski definition) is 2. The average Bonchev–Trinajstić information content (AvgIpc) is 3.22. The lowest BCUT2D eigenvalue weighted by Gasteiger charge is -2.29. The summed E-state index contributed by atoms with van der Waals surface area (Å²) in [6, 6.07) is 12.9. The van der Waals surface area contributed by atoms with E-state index in [2.05, 4.69) is 46.1 Å². The Morgan fingerprint density at radius 2 is 1.89 bits per heavy atom. The van der Waals surface area contributed by atoms with E-state index in [1.807, 2.05) is 18.3 Å². The molecule has 1 amide bonds. The van der Waals surface area contributed by atoms with Crippen LogP contribution in [0.25, 0.3) is 21.9 Å². The molecular formula is C28H32N6O2. The number of pyridine rings is 1. The van der Waals surface area contributed by atoms with Crippen LogP contribution in [0.3, 0.4) is 0 Å². The quantitative estimate of drug-likeness (QED) is 0.434. The number of aliphatic hydroxyl groups is 1. The van der Waals surface area contributed by atoms with Crippen molar-refractivity contribution in [2.24, 2.45) is 5.92 Å². The van der Waals surface area contributed by atoms with Gasteiger partial charge in [0.1, 0.15) is 17.6 Å². The lowest BCUT2D eigenvalue weighted by Crippen LogP contribution is -2.41. The van der Waals surface area contributed by atoms with Gasteiger partial charge in [-0.3, -0.25) is 4.79 Å². The van der Waals surface area contributed by atoms with Crippen LogP contribution in [0.5, 0.6) is 0 Å². The SMILES string of the molecule is C[C@@H](O)C(=O)N1CCc2nc(Nc3ncc4c5ccccc5n([C@H]5CC[C@H](C)CC5)c4n3)ccc2C1. The van der Waals surface area contributed by atoms with Crippen LogP contribution in [-0.2, 0) is 17.8 Å². The van der Waals surface area contributed by atoms with Crippen LogP contribution < -0.4 is 5.32 Å². The Hall–Kier alpha value is -3.52. The van der Waals surface area contributed by atoms with Gasteiger partial charge in [-0.25, -0.2) is 9.97 Å². The maximum Gasteiger partial charge on any atom is 0.251 e. The normalized spacial score (nSPS) is 20.9. The molecule has 0 radical (unpaired) electrons. The third-order valence-electron chi connectivity index (χ3n) is 7.76. The molecule has 1 fully saturated rings. The Labute approximate surface area is 210 Å². The summed E-state index contributed by atoms with van der Waals surface area (Å²) in [5.74, 6) is 1.77. The summed E-state index contributed by atoms with van der Waals surface area (Å²) in [4.78, 5) is 28.3. The van der Waals surface area contributed by atoms with Crippen molar-refractivity contribution in [2.75, 3.05) is 11.9 Å². The van der Waals surface area contributed by atoms with Gasteiger partial charge < -0.3 is 19.9 Å². The highest BCUT2D eigenvalue weighted by molar-refractivity contribution is 6.06. The fourth-order valence-corrected chi connectivity index (χ4v) is 5.76. The highest BCUT2D eigenvalue weighted by Crippen LogP contribution is 2.38. The minimum absolute atomic E-state index is 0.243. The van der Waals surface area contributed by atoms with Crippen LogP contribution >= 0.6 is 0 Å². The molecule has 1 atom stereocenters. The predicted octanol–water partition coefficient (Wildman–Crippen LogP) is 4.74. The molecular weight excluding hydrogens is 452 g/mol. The predicted molar refractivity (Wildman–Crippen MR) is 140 cm³/mol. The third-order valence-corrected chi connectivity index (χ3v) is 7.76. The molecule has 0 unspecified atom stereocenters. The highest BCUT2D eigenvalue weighted by Gasteiger charge is 2.26. The number of nitrogens with zero attached hydrogens (tertiary/aromatic N) is 5. The van der Waals surface area contributed by atoms with Gasteiger partial charge in [0, 0.05) is 48.2 Å². The number of hydrogen-bond acceptors (Lipinski definition) is 6. The zero-order valence-electron chi connectivity index (χ0n) is 20.8. The van der Waals surface area contributed by atoms with Crippen molar-refractivity contribution in [3.63, 3.8) is 0 Å². The molecule has 36 heavy (non-hydrogen) atoms. The van der Waals surface area contributed by atoms with E-state index in [0.29, 0.717) is 37.3 Å². The summed E-state index contributed by atoms with van der Waals surface area (Å²) in [5.41, 5.74) is 4.16. The topological polar surface area (TPSA) is 96.2 Å². The number of nitrogens with one attached hydrogen (secondary N) is 1. The fraction of sp³-hybridized carbons (Fsp3) is 0.429. The standard InChI is InChI=1S/C28H32N6O2/c1-17-7-10-20(11-8-17)34-24-6-4-3-5-21(24)22-15-29-28(32-26(22)34)31-25-12-9-19-16-33(27(36)18(2)35)14-13-23(19)30-25/h3-6,9,12,15,17-18,20,35H,7-8,10-11,13-14,16H2,1-2H3,(H,29,30,31,32)/t17-,18-,20-/m1/s1. The molecule has 0 saturated heterocycles. The molecule has 1 aromatic carbocycles. The van der Waals surface area contributed by atoms with Crippen LogP contribution in [0.4, 0.5) is 11.8 Å². The number of rotatable bonds is 4. The van der Waals surface area contributed by atoms with Gasteiger partial charge in [-0.2, -0.15) is 4.98 Å². The molecule has 4 aromatic rings. The molecule has 186 valence electrons. The van der Waals surface area contributed by atoms with Gasteiger partial charge in [-0.05, 0) is 56.2 Å². The largest absolute Gasteiger partial charge is 0.384 e. The molecule has 8 nitrogen and oxygen atoms in total. The molecule has 1 aliphatic heterocycles. The van der Waals surface area contributed by atoms with Crippen molar-refractivity contribution < 1.29 is 9.90 Å². The first kappa shape index (κ1) is 22.9. The number of para-hydroxylation sites is 1. The number of aliphatic hydroxyl groups excluding tert-OH is 1. The zero-order valence-corrected chi connectivity index (χ0v) is 20.8. The number of carbonyl (C=O) groups excluding carboxylic acids is 1. The summed E-state index contributed by atoms with van der Waals surface area (Å²) in [6.07, 6.45) is 6.41. The number of aromatic nitrogens is 4. The fourth-order valence-electron chi connectivity index (χ4n) is 5.76. The number of anilines is 2. The molecule has 6 rings (SSSR count). The molecule has 0 spiro atoms. The minimum atomic E-state index is -0.986. The van der Waals surface area contributed by atoms with E-state index >= 15 is 0 Å². The Bertz CT molecular complexity index is 1440. The maximum absolute atomic E-state index is 12.2. The van der Waals surface area contributed by atoms with E-state index < -0.39 is 6.10 Å². The van der Waals surface area contributed by atoms with E-state index in [1.165, 1.54) is 43.5 Å². The molecule has 2 N–H and O–H groups in total. The van der Waals surface area contributed by atoms with E-state index in [9.17, 15) is 9.90 Å². The van der Waals surface area contributed by atoms with Crippen molar-refractivity contribution in [3.05, 3.63) is 53.9 Å². The van der Waals surface area contributed by atoms with Gasteiger partial charge in [0.2, 0.25) is 5.95 Å². The van der Waals surface area contributed by atoms with E-state index in [1.54, 1.807) is 4.90 Å². The molecule has 2 aliphatic rings. The second-order valence-electron chi connectivity index (χ2n) is 10.3. The lowest BCUT2D eigenvalue weighted by molar-refractivity contribution is -0.140. The number of benzene rings is 1. The molecule has 3 aromatic heterocycles. The van der Waals surface area contributed by atoms with E-state index in [4.69, 9.17) is 9.97 Å². The monoisotopic (exact) mass is 484 g/mol. The molecule has 1 saturated carbocycles. The first-order chi connectivity index (χ1) is 17.5. The molecule has 1 aliphatic carbocycles. The first-order valence-corrected chi connectivity index (χ1v) is 13.0. The van der Waals surface area contributed by atoms with E-state index in [0.717, 1.165) is 28.2 Å². The Balaban J connectivity index is 1.31. The van der Waals surface area contributed by atoms with Crippen LogP contribution in [0.1, 0.15) is 56.8 Å². The van der Waals surface area contributed by atoms with Crippen molar-refractivity contribution in [3.8, 4) is 0 Å². The molecule has 4 heterocycles. The average molecular weight is 485 g/mol. The number of carbonyl (C=O) groups is 1. The van der Waals surface area contributed by atoms with Gasteiger partial charge >= 0.3 is 0 Å². The molecule has 0 bridgehead atoms. The number of amides is 1. The zero-order chi connectivity index (χ0) is 24.8. The minimum Gasteiger partial charge on any atom is -0.384 e. The summed E-state index contributed by atoms with van der Waals surface area (Å²) in [5, 5.41) is 15.2. The van der Waals surface area contributed by atoms with Gasteiger partial charge in [-0.15, -0.1) is 0 Å². The van der Waals surface area contributed by atoms with Crippen molar-refractivity contribution in [1.82, 2.24) is 24.4 Å². The second kappa shape index (κ2) is 9.17. The summed E-state index contributed by atoms with van der Waals surface area (Å²) in [7, 11) is 0. The van der Waals surface area contributed by atoms with Crippen LogP contribution in [-0.4, -0.2) is 48.1 Å². The summed E-state index contributed by atoms with van der Waals surface area (Å²) < 4.78 is 2.43. The lowest BCUT2D eigenvalue weighted by atomic mass is 9.87. The van der Waals surface area contributed by atoms with Crippen LogP contribution in [0.2, 0.25) is 0 Å². The first-order valence-electron chi connectivity index (χ1n) is 13.0. The number of fused-ring (bicyclic) bond motifs is 4. The van der Waals surface area contributed by atoms with Gasteiger partial charge in [-0.1, -0.05) is 31.2 Å². The van der Waals surface area contributed by atoms with E-state index in [-0.39, 0.29) is 5.91 Å². The van der Waals surface area contributed by atoms with Gasteiger partial charge in [0.15, 0.2) is 0 Å². The van der Waals surface area contributed by atoms with Gasteiger partial charge in [0.05, 0.1) is 5.52 Å². The smallest absolute Gasteiger partial charge is 0.251 e. The van der Waals surface area contributed by atoms with Crippen molar-refractivity contribution >= 4 is 39.6 Å². The van der Waals surface area contributed by atoms with Gasteiger partial charge in [0.25, 0.3) is 5.91 Å². The summed E-state index contributed by atoms with van der Waals surface area (Å²) >= 11 is 0.